The topological polar surface area (TPSA) is 117 Å². The molecule has 0 radical (unpaired) electrons. The lowest BCUT2D eigenvalue weighted by Crippen LogP contribution is -2.59. The van der Waals surface area contributed by atoms with E-state index in [1.54, 1.807) is 28.9 Å². The minimum absolute atomic E-state index is 0.0371. The standard InChI is InChI=1S/C33H56N4O6/c1-9-13-26(10-2)31(40)36-16-18-37(19-17-36)32(41)29(33(6,7)8)34-30(39)27(20-25-14-11-12-15-25)21-28(38)35-43-24(5)42-22-23(3)4/h9-10,13,23-25,27,29H,11-12,14-22H2,1-8H3,(H,34,39)(H,35,38)/b13-9-,26-10+/t24?,27-,29-/m1/s1. The minimum Gasteiger partial charge on any atom is -0.350 e. The Morgan fingerprint density at radius 1 is 0.953 bits per heavy atom. The van der Waals surface area contributed by atoms with Gasteiger partial charge < -0.3 is 19.9 Å². The number of rotatable bonds is 14. The molecule has 1 saturated heterocycles. The van der Waals surface area contributed by atoms with Gasteiger partial charge in [-0.3, -0.25) is 19.2 Å². The molecule has 2 aliphatic rings. The second-order valence-electron chi connectivity index (χ2n) is 13.4. The molecule has 0 aromatic heterocycles. The van der Waals surface area contributed by atoms with Gasteiger partial charge in [0.25, 0.3) is 5.91 Å². The summed E-state index contributed by atoms with van der Waals surface area (Å²) >= 11 is 0. The van der Waals surface area contributed by atoms with E-state index in [1.807, 2.05) is 54.5 Å². The third-order valence-corrected chi connectivity index (χ3v) is 8.08. The van der Waals surface area contributed by atoms with Crippen LogP contribution in [0, 0.1) is 23.2 Å². The van der Waals surface area contributed by atoms with Crippen LogP contribution < -0.4 is 10.8 Å². The minimum atomic E-state index is -0.772. The quantitative estimate of drug-likeness (QED) is 0.132. The summed E-state index contributed by atoms with van der Waals surface area (Å²) in [6.07, 6.45) is 9.69. The maximum absolute atomic E-state index is 13.8. The highest BCUT2D eigenvalue weighted by Gasteiger charge is 2.39. The Balaban J connectivity index is 2.07. The molecule has 4 amide bonds. The summed E-state index contributed by atoms with van der Waals surface area (Å²) in [5.41, 5.74) is 2.52. The van der Waals surface area contributed by atoms with E-state index in [0.29, 0.717) is 56.6 Å². The van der Waals surface area contributed by atoms with Crippen molar-refractivity contribution in [2.45, 2.75) is 106 Å². The van der Waals surface area contributed by atoms with Crippen LogP contribution in [0.4, 0.5) is 0 Å². The summed E-state index contributed by atoms with van der Waals surface area (Å²) in [5.74, 6) is -0.788. The van der Waals surface area contributed by atoms with Crippen LogP contribution in [0.15, 0.2) is 23.8 Å². The Labute approximate surface area is 258 Å². The monoisotopic (exact) mass is 604 g/mol. The molecule has 244 valence electrons. The number of carbonyl (C=O) groups excluding carboxylic acids is 4. The molecule has 43 heavy (non-hydrogen) atoms. The fourth-order valence-electron chi connectivity index (χ4n) is 5.58. The second-order valence-corrected chi connectivity index (χ2v) is 13.4. The van der Waals surface area contributed by atoms with Crippen LogP contribution in [0.25, 0.3) is 0 Å². The first-order valence-corrected chi connectivity index (χ1v) is 16.0. The molecule has 0 spiro atoms. The van der Waals surface area contributed by atoms with Gasteiger partial charge in [-0.25, -0.2) is 10.3 Å². The van der Waals surface area contributed by atoms with Crippen molar-refractivity contribution in [2.24, 2.45) is 23.2 Å². The molecule has 1 aliphatic carbocycles. The maximum Gasteiger partial charge on any atom is 0.253 e. The van der Waals surface area contributed by atoms with Crippen molar-refractivity contribution in [3.8, 4) is 0 Å². The van der Waals surface area contributed by atoms with Crippen LogP contribution in [0.2, 0.25) is 0 Å². The lowest BCUT2D eigenvalue weighted by molar-refractivity contribution is -0.183. The Hall–Kier alpha value is -2.72. The summed E-state index contributed by atoms with van der Waals surface area (Å²) in [6.45, 7) is 17.4. The van der Waals surface area contributed by atoms with E-state index in [4.69, 9.17) is 9.57 Å². The Kier molecular flexibility index (Phi) is 14.9. The molecule has 10 nitrogen and oxygen atoms in total. The first kappa shape index (κ1) is 36.5. The van der Waals surface area contributed by atoms with Gasteiger partial charge in [0.2, 0.25) is 17.7 Å². The largest absolute Gasteiger partial charge is 0.350 e. The highest BCUT2D eigenvalue weighted by molar-refractivity contribution is 5.96. The molecular formula is C33H56N4O6. The number of hydroxylamine groups is 1. The highest BCUT2D eigenvalue weighted by Crippen LogP contribution is 2.32. The molecule has 0 aromatic rings. The van der Waals surface area contributed by atoms with Gasteiger partial charge in [0.1, 0.15) is 6.04 Å². The molecule has 1 heterocycles. The molecule has 1 aliphatic heterocycles. The number of nitrogens with zero attached hydrogens (tertiary/aromatic N) is 2. The number of nitrogens with one attached hydrogen (secondary N) is 2. The number of hydrogen-bond acceptors (Lipinski definition) is 6. The zero-order valence-electron chi connectivity index (χ0n) is 27.7. The van der Waals surface area contributed by atoms with E-state index in [9.17, 15) is 19.2 Å². The number of carbonyl (C=O) groups is 4. The van der Waals surface area contributed by atoms with E-state index in [-0.39, 0.29) is 24.1 Å². The first-order valence-electron chi connectivity index (χ1n) is 16.0. The summed E-state index contributed by atoms with van der Waals surface area (Å²) in [4.78, 5) is 62.1. The van der Waals surface area contributed by atoms with Crippen LogP contribution >= 0.6 is 0 Å². The van der Waals surface area contributed by atoms with E-state index in [1.165, 1.54) is 0 Å². The summed E-state index contributed by atoms with van der Waals surface area (Å²) < 4.78 is 5.55. The molecule has 2 N–H and O–H groups in total. The summed E-state index contributed by atoms with van der Waals surface area (Å²) in [6, 6.07) is -0.772. The SMILES string of the molecule is C/C=C\C(=C/C)C(=O)N1CCN(C(=O)[C@@H](NC(=O)[C@@H](CC(=O)NOC(C)OCC(C)C)CC2CCCC2)C(C)(C)C)CC1. The van der Waals surface area contributed by atoms with Crippen molar-refractivity contribution in [1.82, 2.24) is 20.6 Å². The van der Waals surface area contributed by atoms with E-state index < -0.39 is 29.6 Å². The van der Waals surface area contributed by atoms with Gasteiger partial charge in [0.05, 0.1) is 6.61 Å². The molecule has 1 saturated carbocycles. The molecule has 10 heteroatoms. The van der Waals surface area contributed by atoms with Crippen molar-refractivity contribution >= 4 is 23.6 Å². The smallest absolute Gasteiger partial charge is 0.253 e. The molecule has 0 bridgehead atoms. The summed E-state index contributed by atoms with van der Waals surface area (Å²) in [7, 11) is 0. The Morgan fingerprint density at radius 2 is 1.56 bits per heavy atom. The van der Waals surface area contributed by atoms with Crippen molar-refractivity contribution < 1.29 is 28.8 Å². The molecular weight excluding hydrogens is 548 g/mol. The van der Waals surface area contributed by atoms with Gasteiger partial charge in [0, 0.05) is 44.1 Å². The van der Waals surface area contributed by atoms with Crippen molar-refractivity contribution in [3.63, 3.8) is 0 Å². The highest BCUT2D eigenvalue weighted by atomic mass is 16.8. The third-order valence-electron chi connectivity index (χ3n) is 8.08. The van der Waals surface area contributed by atoms with Gasteiger partial charge in [-0.1, -0.05) is 78.5 Å². The fourth-order valence-corrected chi connectivity index (χ4v) is 5.58. The average Bonchev–Trinajstić information content (AvgIpc) is 3.48. The second kappa shape index (κ2) is 17.5. The van der Waals surface area contributed by atoms with Gasteiger partial charge >= 0.3 is 0 Å². The average molecular weight is 605 g/mol. The summed E-state index contributed by atoms with van der Waals surface area (Å²) in [5, 5.41) is 3.03. The molecule has 2 rings (SSSR count). The van der Waals surface area contributed by atoms with Gasteiger partial charge in [-0.15, -0.1) is 0 Å². The van der Waals surface area contributed by atoms with E-state index in [0.717, 1.165) is 25.7 Å². The van der Waals surface area contributed by atoms with Crippen LogP contribution in [0.3, 0.4) is 0 Å². The van der Waals surface area contributed by atoms with Gasteiger partial charge in [-0.2, -0.15) is 0 Å². The normalized spacial score (nSPS) is 19.0. The van der Waals surface area contributed by atoms with Crippen molar-refractivity contribution in [3.05, 3.63) is 23.8 Å². The van der Waals surface area contributed by atoms with Crippen molar-refractivity contribution in [2.75, 3.05) is 32.8 Å². The zero-order valence-corrected chi connectivity index (χ0v) is 27.7. The Morgan fingerprint density at radius 3 is 2.09 bits per heavy atom. The number of piperazine rings is 1. The molecule has 3 atom stereocenters. The van der Waals surface area contributed by atoms with E-state index in [2.05, 4.69) is 10.8 Å². The fraction of sp³-hybridized carbons (Fsp3) is 0.758. The Bertz CT molecular complexity index is 988. The van der Waals surface area contributed by atoms with Crippen LogP contribution in [0.1, 0.15) is 93.9 Å². The van der Waals surface area contributed by atoms with Crippen molar-refractivity contribution in [1.29, 1.82) is 0 Å². The molecule has 1 unspecified atom stereocenters. The maximum atomic E-state index is 13.8. The van der Waals surface area contributed by atoms with E-state index >= 15 is 0 Å². The van der Waals surface area contributed by atoms with Crippen LogP contribution in [0.5, 0.6) is 0 Å². The predicted molar refractivity (Wildman–Crippen MR) is 167 cm³/mol. The van der Waals surface area contributed by atoms with Crippen LogP contribution in [-0.2, 0) is 28.8 Å². The zero-order chi connectivity index (χ0) is 32.2. The number of hydrogen-bond donors (Lipinski definition) is 2. The lowest BCUT2D eigenvalue weighted by Gasteiger charge is -2.40. The van der Waals surface area contributed by atoms with Gasteiger partial charge in [-0.05, 0) is 44.4 Å². The first-order chi connectivity index (χ1) is 20.3. The van der Waals surface area contributed by atoms with Crippen LogP contribution in [-0.4, -0.2) is 78.5 Å². The molecule has 2 fully saturated rings. The molecule has 0 aromatic carbocycles. The number of ether oxygens (including phenoxy) is 1. The lowest BCUT2D eigenvalue weighted by atomic mass is 9.84. The number of allylic oxidation sites excluding steroid dienone is 2. The van der Waals surface area contributed by atoms with Gasteiger partial charge in [0.15, 0.2) is 6.29 Å². The number of amides is 4. The predicted octanol–water partition coefficient (Wildman–Crippen LogP) is 4.36. The third kappa shape index (κ3) is 12.1.